The lowest BCUT2D eigenvalue weighted by molar-refractivity contribution is -0.105. The first-order valence-electron chi connectivity index (χ1n) is 4.52. The highest BCUT2D eigenvalue weighted by molar-refractivity contribution is 5.05. The Kier molecular flexibility index (Phi) is 1.07. The molecule has 0 heteroatoms. The molecule has 0 aromatic rings. The third-order valence-electron chi connectivity index (χ3n) is 3.27. The summed E-state index contributed by atoms with van der Waals surface area (Å²) in [4.78, 5) is 0. The van der Waals surface area contributed by atoms with Gasteiger partial charge in [0.2, 0.25) is 0 Å². The first-order chi connectivity index (χ1) is 4.52. The first kappa shape index (κ1) is 6.69. The Morgan fingerprint density at radius 2 is 1.60 bits per heavy atom. The van der Waals surface area contributed by atoms with Crippen LogP contribution in [0.25, 0.3) is 0 Å². The highest BCUT2D eigenvalue weighted by atomic mass is 14.6. The van der Waals surface area contributed by atoms with Gasteiger partial charge in [0, 0.05) is 0 Å². The zero-order valence-electron chi connectivity index (χ0n) is 7.41. The minimum atomic E-state index is 0.695. The SMILES string of the molecule is CC1CC2(C1)CC(C)(C)C2. The summed E-state index contributed by atoms with van der Waals surface area (Å²) in [5, 5.41) is 0. The molecule has 0 aromatic carbocycles. The molecule has 2 aliphatic carbocycles. The van der Waals surface area contributed by atoms with Crippen LogP contribution in [0.15, 0.2) is 0 Å². The summed E-state index contributed by atoms with van der Waals surface area (Å²) in [6, 6.07) is 0. The topological polar surface area (TPSA) is 0 Å². The van der Waals surface area contributed by atoms with Crippen LogP contribution in [-0.4, -0.2) is 0 Å². The van der Waals surface area contributed by atoms with Gasteiger partial charge in [0.25, 0.3) is 0 Å². The molecular formula is C10H18. The molecule has 10 heavy (non-hydrogen) atoms. The average molecular weight is 138 g/mol. The van der Waals surface area contributed by atoms with Gasteiger partial charge in [-0.05, 0) is 42.4 Å². The summed E-state index contributed by atoms with van der Waals surface area (Å²) in [6.07, 6.45) is 6.06. The predicted octanol–water partition coefficient (Wildman–Crippen LogP) is 3.22. The van der Waals surface area contributed by atoms with Gasteiger partial charge in [-0.2, -0.15) is 0 Å². The molecule has 0 nitrogen and oxygen atoms in total. The average Bonchev–Trinajstić information content (AvgIpc) is 1.55. The zero-order valence-corrected chi connectivity index (χ0v) is 7.41. The summed E-state index contributed by atoms with van der Waals surface area (Å²) in [7, 11) is 0. The molecule has 2 saturated carbocycles. The van der Waals surface area contributed by atoms with Gasteiger partial charge in [-0.3, -0.25) is 0 Å². The van der Waals surface area contributed by atoms with Crippen molar-refractivity contribution >= 4 is 0 Å². The summed E-state index contributed by atoms with van der Waals surface area (Å²) in [6.45, 7) is 7.19. The lowest BCUT2D eigenvalue weighted by atomic mass is 9.44. The van der Waals surface area contributed by atoms with Gasteiger partial charge in [-0.1, -0.05) is 20.8 Å². The van der Waals surface area contributed by atoms with E-state index >= 15 is 0 Å². The van der Waals surface area contributed by atoms with Crippen LogP contribution in [0.1, 0.15) is 46.5 Å². The molecule has 0 amide bonds. The highest BCUT2D eigenvalue weighted by Crippen LogP contribution is 2.65. The van der Waals surface area contributed by atoms with E-state index in [0.717, 1.165) is 11.3 Å². The van der Waals surface area contributed by atoms with Gasteiger partial charge in [-0.25, -0.2) is 0 Å². The third kappa shape index (κ3) is 0.810. The molecule has 2 rings (SSSR count). The second kappa shape index (κ2) is 1.60. The van der Waals surface area contributed by atoms with Crippen molar-refractivity contribution < 1.29 is 0 Å². The van der Waals surface area contributed by atoms with Crippen molar-refractivity contribution in [1.29, 1.82) is 0 Å². The van der Waals surface area contributed by atoms with E-state index in [-0.39, 0.29) is 0 Å². The Morgan fingerprint density at radius 3 is 1.90 bits per heavy atom. The van der Waals surface area contributed by atoms with E-state index in [9.17, 15) is 0 Å². The fraction of sp³-hybridized carbons (Fsp3) is 1.00. The third-order valence-corrected chi connectivity index (χ3v) is 3.27. The van der Waals surface area contributed by atoms with Crippen molar-refractivity contribution in [1.82, 2.24) is 0 Å². The largest absolute Gasteiger partial charge is 0.0625 e. The Balaban J connectivity index is 1.91. The van der Waals surface area contributed by atoms with Crippen molar-refractivity contribution in [3.63, 3.8) is 0 Å². The molecule has 0 radical (unpaired) electrons. The number of hydrogen-bond acceptors (Lipinski definition) is 0. The van der Waals surface area contributed by atoms with Gasteiger partial charge >= 0.3 is 0 Å². The molecule has 0 saturated heterocycles. The van der Waals surface area contributed by atoms with Crippen LogP contribution in [0, 0.1) is 16.7 Å². The van der Waals surface area contributed by atoms with Crippen LogP contribution in [-0.2, 0) is 0 Å². The molecule has 1 spiro atoms. The molecule has 58 valence electrons. The van der Waals surface area contributed by atoms with Crippen LogP contribution >= 0.6 is 0 Å². The Labute approximate surface area is 64.0 Å². The summed E-state index contributed by atoms with van der Waals surface area (Å²) in [5.41, 5.74) is 1.54. The van der Waals surface area contributed by atoms with E-state index in [1.165, 1.54) is 25.7 Å². The second-order valence-electron chi connectivity index (χ2n) is 5.53. The fourth-order valence-corrected chi connectivity index (χ4v) is 3.69. The molecule has 0 unspecified atom stereocenters. The zero-order chi connectivity index (χ0) is 7.41. The van der Waals surface area contributed by atoms with Crippen LogP contribution in [0.4, 0.5) is 0 Å². The van der Waals surface area contributed by atoms with Crippen LogP contribution in [0.5, 0.6) is 0 Å². The molecule has 2 aliphatic rings. The van der Waals surface area contributed by atoms with Crippen LogP contribution < -0.4 is 0 Å². The van der Waals surface area contributed by atoms with E-state index in [1.807, 2.05) is 0 Å². The van der Waals surface area contributed by atoms with E-state index in [0.29, 0.717) is 5.41 Å². The molecule has 0 bridgehead atoms. The van der Waals surface area contributed by atoms with Crippen LogP contribution in [0.3, 0.4) is 0 Å². The molecule has 0 N–H and O–H groups in total. The standard InChI is InChI=1S/C10H18/c1-8-4-10(5-8)6-9(2,3)7-10/h8H,4-7H2,1-3H3. The van der Waals surface area contributed by atoms with Gasteiger partial charge in [0.05, 0.1) is 0 Å². The molecular weight excluding hydrogens is 120 g/mol. The first-order valence-corrected chi connectivity index (χ1v) is 4.52. The van der Waals surface area contributed by atoms with Crippen molar-refractivity contribution in [2.24, 2.45) is 16.7 Å². The maximum absolute atomic E-state index is 2.40. The second-order valence-corrected chi connectivity index (χ2v) is 5.53. The Morgan fingerprint density at radius 1 is 1.10 bits per heavy atom. The van der Waals surface area contributed by atoms with Gasteiger partial charge in [-0.15, -0.1) is 0 Å². The highest BCUT2D eigenvalue weighted by Gasteiger charge is 2.54. The van der Waals surface area contributed by atoms with Crippen LogP contribution in [0.2, 0.25) is 0 Å². The molecule has 0 atom stereocenters. The van der Waals surface area contributed by atoms with E-state index in [4.69, 9.17) is 0 Å². The molecule has 0 heterocycles. The summed E-state index contributed by atoms with van der Waals surface area (Å²) in [5.74, 6) is 1.04. The molecule has 2 fully saturated rings. The van der Waals surface area contributed by atoms with Crippen molar-refractivity contribution in [2.45, 2.75) is 46.5 Å². The van der Waals surface area contributed by atoms with Gasteiger partial charge in [0.1, 0.15) is 0 Å². The van der Waals surface area contributed by atoms with Crippen molar-refractivity contribution in [3.8, 4) is 0 Å². The molecule has 0 aliphatic heterocycles. The number of rotatable bonds is 0. The quantitative estimate of drug-likeness (QED) is 0.482. The van der Waals surface area contributed by atoms with E-state index in [2.05, 4.69) is 20.8 Å². The fourth-order valence-electron chi connectivity index (χ4n) is 3.69. The summed E-state index contributed by atoms with van der Waals surface area (Å²) >= 11 is 0. The monoisotopic (exact) mass is 138 g/mol. The lowest BCUT2D eigenvalue weighted by Crippen LogP contribution is -2.50. The Bertz CT molecular complexity index is 139. The lowest BCUT2D eigenvalue weighted by Gasteiger charge is -2.61. The minimum absolute atomic E-state index is 0.695. The maximum atomic E-state index is 2.40. The molecule has 0 aromatic heterocycles. The van der Waals surface area contributed by atoms with Gasteiger partial charge in [0.15, 0.2) is 0 Å². The maximum Gasteiger partial charge on any atom is -0.0282 e. The summed E-state index contributed by atoms with van der Waals surface area (Å²) < 4.78 is 0. The predicted molar refractivity (Wildman–Crippen MR) is 43.8 cm³/mol. The normalized spacial score (nSPS) is 35.1. The smallest absolute Gasteiger partial charge is 0.0282 e. The minimum Gasteiger partial charge on any atom is -0.0625 e. The Hall–Kier alpha value is 0. The van der Waals surface area contributed by atoms with Crippen molar-refractivity contribution in [3.05, 3.63) is 0 Å². The van der Waals surface area contributed by atoms with E-state index in [1.54, 1.807) is 0 Å². The number of hydrogen-bond donors (Lipinski definition) is 0. The van der Waals surface area contributed by atoms with E-state index < -0.39 is 0 Å². The van der Waals surface area contributed by atoms with Crippen molar-refractivity contribution in [2.75, 3.05) is 0 Å². The van der Waals surface area contributed by atoms with Gasteiger partial charge < -0.3 is 0 Å².